The van der Waals surface area contributed by atoms with Gasteiger partial charge in [-0.15, -0.1) is 0 Å². The molecule has 3 aromatic rings. The summed E-state index contributed by atoms with van der Waals surface area (Å²) in [5.74, 6) is 8.25. The molecule has 1 fully saturated rings. The fourth-order valence-corrected chi connectivity index (χ4v) is 3.33. The molecule has 0 aliphatic heterocycles. The molecule has 162 valence electrons. The molecule has 1 heteroatoms. The highest BCUT2D eigenvalue weighted by atomic mass is 16.5. The van der Waals surface area contributed by atoms with Gasteiger partial charge >= 0.3 is 0 Å². The lowest BCUT2D eigenvalue weighted by molar-refractivity contribution is 0.414. The lowest BCUT2D eigenvalue weighted by atomic mass is 9.78. The van der Waals surface area contributed by atoms with Gasteiger partial charge in [0, 0.05) is 11.1 Å². The van der Waals surface area contributed by atoms with Gasteiger partial charge in [-0.2, -0.15) is 0 Å². The van der Waals surface area contributed by atoms with Crippen molar-refractivity contribution in [1.29, 1.82) is 0 Å². The first-order valence-corrected chi connectivity index (χ1v) is 11.3. The summed E-state index contributed by atoms with van der Waals surface area (Å²) in [7, 11) is 1.67. The van der Waals surface area contributed by atoms with Crippen molar-refractivity contribution in [1.82, 2.24) is 0 Å². The van der Waals surface area contributed by atoms with E-state index in [9.17, 15) is 0 Å². The normalized spacial score (nSPS) is 12.1. The first kappa shape index (κ1) is 24.3. The van der Waals surface area contributed by atoms with Crippen LogP contribution in [0.4, 0.5) is 0 Å². The second-order valence-electron chi connectivity index (χ2n) is 7.83. The minimum Gasteiger partial charge on any atom is -0.497 e. The Bertz CT molecular complexity index is 981. The molecule has 0 amide bonds. The highest BCUT2D eigenvalue weighted by molar-refractivity contribution is 5.47. The van der Waals surface area contributed by atoms with Gasteiger partial charge in [-0.1, -0.05) is 73.6 Å². The van der Waals surface area contributed by atoms with Crippen LogP contribution in [-0.2, 0) is 0 Å². The van der Waals surface area contributed by atoms with Gasteiger partial charge in [0.15, 0.2) is 0 Å². The van der Waals surface area contributed by atoms with Gasteiger partial charge in [0.05, 0.1) is 7.11 Å². The van der Waals surface area contributed by atoms with E-state index in [0.29, 0.717) is 0 Å². The average molecular weight is 413 g/mol. The Morgan fingerprint density at radius 1 is 0.710 bits per heavy atom. The zero-order valence-corrected chi connectivity index (χ0v) is 20.0. The SMILES string of the molecule is CC.COc1ccc(C)cc1.Cc1ccc(C#Cc2ccc(C)c(C3CCC3)c2)cc1. The van der Waals surface area contributed by atoms with Crippen LogP contribution in [0.1, 0.15) is 72.4 Å². The number of hydrogen-bond acceptors (Lipinski definition) is 1. The van der Waals surface area contributed by atoms with E-state index in [1.54, 1.807) is 7.11 Å². The van der Waals surface area contributed by atoms with Crippen molar-refractivity contribution in [3.05, 3.63) is 100 Å². The molecule has 0 N–H and O–H groups in total. The van der Waals surface area contributed by atoms with Gasteiger partial charge in [-0.05, 0) is 87.1 Å². The quantitative estimate of drug-likeness (QED) is 0.387. The number of hydrogen-bond donors (Lipinski definition) is 0. The molecular formula is C30H36O. The number of ether oxygens (including phenoxy) is 1. The van der Waals surface area contributed by atoms with Crippen LogP contribution >= 0.6 is 0 Å². The van der Waals surface area contributed by atoms with Crippen LogP contribution in [0.3, 0.4) is 0 Å². The lowest BCUT2D eigenvalue weighted by Gasteiger charge is -2.27. The molecule has 0 bridgehead atoms. The van der Waals surface area contributed by atoms with Crippen LogP contribution in [0, 0.1) is 32.6 Å². The molecule has 1 aliphatic rings. The molecule has 31 heavy (non-hydrogen) atoms. The Morgan fingerprint density at radius 3 is 1.74 bits per heavy atom. The molecule has 0 unspecified atom stereocenters. The molecule has 1 aliphatic carbocycles. The largest absolute Gasteiger partial charge is 0.497 e. The Morgan fingerprint density at radius 2 is 1.23 bits per heavy atom. The van der Waals surface area contributed by atoms with Gasteiger partial charge in [0.1, 0.15) is 5.75 Å². The Hall–Kier alpha value is -2.98. The third kappa shape index (κ3) is 7.65. The van der Waals surface area contributed by atoms with Crippen molar-refractivity contribution in [3.8, 4) is 17.6 Å². The maximum Gasteiger partial charge on any atom is 0.118 e. The van der Waals surface area contributed by atoms with Crippen LogP contribution in [0.25, 0.3) is 0 Å². The van der Waals surface area contributed by atoms with Gasteiger partial charge in [0.2, 0.25) is 0 Å². The van der Waals surface area contributed by atoms with E-state index in [-0.39, 0.29) is 0 Å². The van der Waals surface area contributed by atoms with Gasteiger partial charge in [0.25, 0.3) is 0 Å². The fraction of sp³-hybridized carbons (Fsp3) is 0.333. The summed E-state index contributed by atoms with van der Waals surface area (Å²) in [4.78, 5) is 0. The number of aryl methyl sites for hydroxylation is 3. The zero-order valence-electron chi connectivity index (χ0n) is 20.0. The lowest BCUT2D eigenvalue weighted by Crippen LogP contribution is -2.10. The van der Waals surface area contributed by atoms with E-state index in [4.69, 9.17) is 4.74 Å². The van der Waals surface area contributed by atoms with E-state index in [1.807, 2.05) is 38.1 Å². The van der Waals surface area contributed by atoms with Gasteiger partial charge < -0.3 is 4.74 Å². The fourth-order valence-electron chi connectivity index (χ4n) is 3.33. The smallest absolute Gasteiger partial charge is 0.118 e. The molecule has 0 aromatic heterocycles. The number of rotatable bonds is 2. The summed E-state index contributed by atoms with van der Waals surface area (Å²) in [5.41, 5.74) is 7.68. The highest BCUT2D eigenvalue weighted by Crippen LogP contribution is 2.38. The average Bonchev–Trinajstić information content (AvgIpc) is 2.76. The van der Waals surface area contributed by atoms with E-state index in [0.717, 1.165) is 22.8 Å². The maximum absolute atomic E-state index is 4.97. The maximum atomic E-state index is 4.97. The minimum atomic E-state index is 0.774. The van der Waals surface area contributed by atoms with E-state index >= 15 is 0 Å². The van der Waals surface area contributed by atoms with Crippen molar-refractivity contribution in [3.63, 3.8) is 0 Å². The third-order valence-electron chi connectivity index (χ3n) is 5.48. The molecule has 1 saturated carbocycles. The van der Waals surface area contributed by atoms with Crippen LogP contribution in [0.15, 0.2) is 66.7 Å². The first-order chi connectivity index (χ1) is 15.0. The van der Waals surface area contributed by atoms with Crippen molar-refractivity contribution < 1.29 is 4.74 Å². The van der Waals surface area contributed by atoms with Crippen molar-refractivity contribution in [2.45, 2.75) is 59.8 Å². The first-order valence-electron chi connectivity index (χ1n) is 11.3. The summed E-state index contributed by atoms with van der Waals surface area (Å²) in [5, 5.41) is 0. The standard InChI is InChI=1S/C20H20.C8H10O.C2H6/c1-15-6-9-17(10-7-15)12-13-18-11-8-16(2)20(14-18)19-4-3-5-19;1-7-3-5-8(9-2)6-4-7;1-2/h6-11,14,19H,3-5H2,1-2H3;3-6H,1-2H3;1-2H3. The summed E-state index contributed by atoms with van der Waals surface area (Å²) in [6, 6.07) is 23.0. The molecule has 0 spiro atoms. The predicted octanol–water partition coefficient (Wildman–Crippen LogP) is 8.00. The zero-order chi connectivity index (χ0) is 22.6. The Labute approximate surface area is 189 Å². The summed E-state index contributed by atoms with van der Waals surface area (Å²) < 4.78 is 4.97. The summed E-state index contributed by atoms with van der Waals surface area (Å²) in [6.07, 6.45) is 4.06. The highest BCUT2D eigenvalue weighted by Gasteiger charge is 2.20. The molecule has 3 aromatic carbocycles. The molecule has 1 nitrogen and oxygen atoms in total. The molecule has 0 saturated heterocycles. The second-order valence-corrected chi connectivity index (χ2v) is 7.83. The van der Waals surface area contributed by atoms with Crippen LogP contribution in [0.2, 0.25) is 0 Å². The molecule has 0 heterocycles. The minimum absolute atomic E-state index is 0.774. The van der Waals surface area contributed by atoms with Crippen molar-refractivity contribution in [2.24, 2.45) is 0 Å². The van der Waals surface area contributed by atoms with Gasteiger partial charge in [-0.3, -0.25) is 0 Å². The third-order valence-corrected chi connectivity index (χ3v) is 5.48. The van der Waals surface area contributed by atoms with Crippen LogP contribution in [0.5, 0.6) is 5.75 Å². The van der Waals surface area contributed by atoms with Crippen molar-refractivity contribution >= 4 is 0 Å². The predicted molar refractivity (Wildman–Crippen MR) is 134 cm³/mol. The number of benzene rings is 3. The monoisotopic (exact) mass is 412 g/mol. The summed E-state index contributed by atoms with van der Waals surface area (Å²) >= 11 is 0. The van der Waals surface area contributed by atoms with E-state index in [2.05, 4.69) is 75.1 Å². The topological polar surface area (TPSA) is 9.23 Å². The molecule has 0 radical (unpaired) electrons. The summed E-state index contributed by atoms with van der Waals surface area (Å²) in [6.45, 7) is 10.4. The van der Waals surface area contributed by atoms with Crippen LogP contribution in [-0.4, -0.2) is 7.11 Å². The molecular weight excluding hydrogens is 376 g/mol. The Kier molecular flexibility index (Phi) is 9.92. The van der Waals surface area contributed by atoms with Gasteiger partial charge in [-0.25, -0.2) is 0 Å². The second kappa shape index (κ2) is 12.7. The van der Waals surface area contributed by atoms with Crippen molar-refractivity contribution in [2.75, 3.05) is 7.11 Å². The van der Waals surface area contributed by atoms with E-state index < -0.39 is 0 Å². The Balaban J connectivity index is 0.000000261. The van der Waals surface area contributed by atoms with E-state index in [1.165, 1.54) is 41.5 Å². The molecule has 0 atom stereocenters. The number of methoxy groups -OCH3 is 1. The molecule has 4 rings (SSSR count). The van der Waals surface area contributed by atoms with Crippen LogP contribution < -0.4 is 4.74 Å².